The zero-order chi connectivity index (χ0) is 25.5. The van der Waals surface area contributed by atoms with Gasteiger partial charge in [-0.15, -0.1) is 0 Å². The second kappa shape index (κ2) is 11.7. The third-order valence-electron chi connectivity index (χ3n) is 6.49. The summed E-state index contributed by atoms with van der Waals surface area (Å²) in [5, 5.41) is 2.15. The average Bonchev–Trinajstić information content (AvgIpc) is 2.89. The van der Waals surface area contributed by atoms with E-state index in [2.05, 4.69) is 38.1 Å². The molecule has 0 N–H and O–H groups in total. The molecular formula is C33H34O3. The lowest BCUT2D eigenvalue weighted by molar-refractivity contribution is -0.148. The molecule has 4 rings (SSSR count). The van der Waals surface area contributed by atoms with Crippen LogP contribution in [0.3, 0.4) is 0 Å². The normalized spacial score (nSPS) is 13.0. The van der Waals surface area contributed by atoms with Gasteiger partial charge in [0.15, 0.2) is 0 Å². The monoisotopic (exact) mass is 478 g/mol. The van der Waals surface area contributed by atoms with Gasteiger partial charge in [0, 0.05) is 0 Å². The molecule has 0 aliphatic rings. The Morgan fingerprint density at radius 3 is 2.28 bits per heavy atom. The summed E-state index contributed by atoms with van der Waals surface area (Å²) >= 11 is 0. The minimum absolute atomic E-state index is 0.217. The van der Waals surface area contributed by atoms with Crippen molar-refractivity contribution >= 4 is 22.8 Å². The second-order valence-electron chi connectivity index (χ2n) is 9.47. The quantitative estimate of drug-likeness (QED) is 0.230. The molecule has 0 saturated carbocycles. The zero-order valence-corrected chi connectivity index (χ0v) is 21.5. The fourth-order valence-corrected chi connectivity index (χ4v) is 4.53. The van der Waals surface area contributed by atoms with Crippen molar-refractivity contribution in [3.8, 4) is 5.75 Å². The van der Waals surface area contributed by atoms with Crippen LogP contribution in [0.1, 0.15) is 47.1 Å². The number of aryl methyl sites for hydroxylation is 3. The Bertz CT molecular complexity index is 1330. The maximum absolute atomic E-state index is 13.2. The summed E-state index contributed by atoms with van der Waals surface area (Å²) in [5.41, 5.74) is 5.79. The molecule has 0 radical (unpaired) electrons. The SMILES string of the molecule is COc1ccc2cc([C@H](C)C(=O)O[C@@H](/C=C/c3ccccc3)CCc3cc(C)cc(C)c3)ccc2c1. The highest BCUT2D eigenvalue weighted by molar-refractivity contribution is 5.87. The van der Waals surface area contributed by atoms with E-state index in [1.165, 1.54) is 16.7 Å². The van der Waals surface area contributed by atoms with Crippen LogP contribution in [0, 0.1) is 13.8 Å². The van der Waals surface area contributed by atoms with Gasteiger partial charge in [-0.2, -0.15) is 0 Å². The maximum atomic E-state index is 13.2. The molecule has 4 aromatic rings. The Labute approximate surface area is 214 Å². The van der Waals surface area contributed by atoms with E-state index in [9.17, 15) is 4.79 Å². The van der Waals surface area contributed by atoms with Crippen LogP contribution in [0.15, 0.2) is 91.0 Å². The van der Waals surface area contributed by atoms with Crippen molar-refractivity contribution in [2.45, 2.75) is 45.6 Å². The minimum Gasteiger partial charge on any atom is -0.497 e. The van der Waals surface area contributed by atoms with Gasteiger partial charge in [-0.05, 0) is 79.3 Å². The molecule has 184 valence electrons. The van der Waals surface area contributed by atoms with Gasteiger partial charge < -0.3 is 9.47 Å². The van der Waals surface area contributed by atoms with Crippen LogP contribution < -0.4 is 4.74 Å². The second-order valence-corrected chi connectivity index (χ2v) is 9.47. The van der Waals surface area contributed by atoms with E-state index < -0.39 is 0 Å². The highest BCUT2D eigenvalue weighted by Crippen LogP contribution is 2.26. The van der Waals surface area contributed by atoms with E-state index in [4.69, 9.17) is 9.47 Å². The number of methoxy groups -OCH3 is 1. The van der Waals surface area contributed by atoms with Gasteiger partial charge in [-0.25, -0.2) is 0 Å². The van der Waals surface area contributed by atoms with Crippen LogP contribution in [0.4, 0.5) is 0 Å². The van der Waals surface area contributed by atoms with Gasteiger partial charge >= 0.3 is 5.97 Å². The van der Waals surface area contributed by atoms with Gasteiger partial charge in [0.05, 0.1) is 13.0 Å². The summed E-state index contributed by atoms with van der Waals surface area (Å²) in [6.45, 7) is 6.14. The molecule has 36 heavy (non-hydrogen) atoms. The van der Waals surface area contributed by atoms with E-state index in [0.717, 1.165) is 40.5 Å². The van der Waals surface area contributed by atoms with E-state index in [0.29, 0.717) is 0 Å². The van der Waals surface area contributed by atoms with E-state index in [1.54, 1.807) is 7.11 Å². The average molecular weight is 479 g/mol. The molecule has 0 heterocycles. The van der Waals surface area contributed by atoms with Crippen LogP contribution in [-0.2, 0) is 16.0 Å². The highest BCUT2D eigenvalue weighted by atomic mass is 16.5. The molecule has 0 fully saturated rings. The lowest BCUT2D eigenvalue weighted by Crippen LogP contribution is -2.21. The number of carbonyl (C=O) groups excluding carboxylic acids is 1. The number of carbonyl (C=O) groups is 1. The topological polar surface area (TPSA) is 35.5 Å². The zero-order valence-electron chi connectivity index (χ0n) is 21.5. The molecule has 0 bridgehead atoms. The van der Waals surface area contributed by atoms with Crippen LogP contribution in [0.5, 0.6) is 5.75 Å². The van der Waals surface area contributed by atoms with Gasteiger partial charge in [0.1, 0.15) is 11.9 Å². The van der Waals surface area contributed by atoms with Crippen molar-refractivity contribution in [3.63, 3.8) is 0 Å². The smallest absolute Gasteiger partial charge is 0.313 e. The standard InChI is InChI=1S/C33H34O3/c1-23-18-24(2)20-27(19-23)11-16-31(15-10-26-8-6-5-7-9-26)36-33(34)25(3)28-12-13-30-22-32(35-4)17-14-29(30)21-28/h5-10,12-15,17-22,25,31H,11,16H2,1-4H3/b15-10+/t25-,31-/m0/s1. The number of hydrogen-bond donors (Lipinski definition) is 0. The van der Waals surface area contributed by atoms with Crippen LogP contribution in [0.25, 0.3) is 16.8 Å². The summed E-state index contributed by atoms with van der Waals surface area (Å²) in [5.74, 6) is 0.232. The Hall–Kier alpha value is -3.85. The summed E-state index contributed by atoms with van der Waals surface area (Å²) in [6, 6.07) is 28.7. The molecule has 0 unspecified atom stereocenters. The molecule has 0 aromatic heterocycles. The van der Waals surface area contributed by atoms with Crippen molar-refractivity contribution in [2.24, 2.45) is 0 Å². The fourth-order valence-electron chi connectivity index (χ4n) is 4.53. The molecule has 0 spiro atoms. The molecule has 3 nitrogen and oxygen atoms in total. The predicted octanol–water partition coefficient (Wildman–Crippen LogP) is 7.83. The first kappa shape index (κ1) is 25.2. The third-order valence-corrected chi connectivity index (χ3v) is 6.49. The first-order valence-corrected chi connectivity index (χ1v) is 12.5. The van der Waals surface area contributed by atoms with Gasteiger partial charge in [-0.1, -0.05) is 90.0 Å². The summed E-state index contributed by atoms with van der Waals surface area (Å²) < 4.78 is 11.4. The molecule has 0 saturated heterocycles. The Balaban J connectivity index is 1.50. The Morgan fingerprint density at radius 2 is 1.56 bits per heavy atom. The Morgan fingerprint density at radius 1 is 0.861 bits per heavy atom. The van der Waals surface area contributed by atoms with Crippen LogP contribution in [0.2, 0.25) is 0 Å². The van der Waals surface area contributed by atoms with Crippen molar-refractivity contribution in [1.29, 1.82) is 0 Å². The van der Waals surface area contributed by atoms with Crippen molar-refractivity contribution in [2.75, 3.05) is 7.11 Å². The lowest BCUT2D eigenvalue weighted by atomic mass is 9.97. The first-order chi connectivity index (χ1) is 17.4. The largest absolute Gasteiger partial charge is 0.497 e. The molecular weight excluding hydrogens is 444 g/mol. The summed E-state index contributed by atoms with van der Waals surface area (Å²) in [4.78, 5) is 13.2. The molecule has 3 heteroatoms. The number of rotatable bonds is 9. The van der Waals surface area contributed by atoms with Crippen LogP contribution in [-0.4, -0.2) is 19.2 Å². The number of esters is 1. The molecule has 0 aliphatic heterocycles. The maximum Gasteiger partial charge on any atom is 0.313 e. The van der Waals surface area contributed by atoms with Gasteiger partial charge in [0.2, 0.25) is 0 Å². The lowest BCUT2D eigenvalue weighted by Gasteiger charge is -2.19. The van der Waals surface area contributed by atoms with Crippen molar-refractivity contribution in [3.05, 3.63) is 119 Å². The Kier molecular flexibility index (Phi) is 8.22. The van der Waals surface area contributed by atoms with Crippen molar-refractivity contribution < 1.29 is 14.3 Å². The van der Waals surface area contributed by atoms with Crippen LogP contribution >= 0.6 is 0 Å². The van der Waals surface area contributed by atoms with E-state index in [1.807, 2.05) is 79.7 Å². The molecule has 0 aliphatic carbocycles. The minimum atomic E-state index is -0.370. The van der Waals surface area contributed by atoms with E-state index in [-0.39, 0.29) is 18.0 Å². The number of benzene rings is 4. The number of ether oxygens (including phenoxy) is 2. The van der Waals surface area contributed by atoms with E-state index >= 15 is 0 Å². The number of fused-ring (bicyclic) bond motifs is 1. The first-order valence-electron chi connectivity index (χ1n) is 12.5. The molecule has 4 aromatic carbocycles. The molecule has 0 amide bonds. The van der Waals surface area contributed by atoms with Crippen molar-refractivity contribution in [1.82, 2.24) is 0 Å². The van der Waals surface area contributed by atoms with Gasteiger partial charge in [-0.3, -0.25) is 4.79 Å². The summed E-state index contributed by atoms with van der Waals surface area (Å²) in [6.07, 6.45) is 5.29. The molecule has 2 atom stereocenters. The van der Waals surface area contributed by atoms with Gasteiger partial charge in [0.25, 0.3) is 0 Å². The predicted molar refractivity (Wildman–Crippen MR) is 149 cm³/mol. The highest BCUT2D eigenvalue weighted by Gasteiger charge is 2.21. The number of hydrogen-bond acceptors (Lipinski definition) is 3. The fraction of sp³-hybridized carbons (Fsp3) is 0.242. The summed E-state index contributed by atoms with van der Waals surface area (Å²) in [7, 11) is 1.66. The third kappa shape index (κ3) is 6.63.